The van der Waals surface area contributed by atoms with E-state index in [9.17, 15) is 9.90 Å². The number of carbonyl (C=O) groups is 1. The minimum Gasteiger partial charge on any atom is -0.393 e. The van der Waals surface area contributed by atoms with Gasteiger partial charge in [0.1, 0.15) is 5.82 Å². The third-order valence-electron chi connectivity index (χ3n) is 7.24. The fraction of sp³-hybridized carbons (Fsp3) is 0.407. The maximum Gasteiger partial charge on any atom is 0.254 e. The van der Waals surface area contributed by atoms with Gasteiger partial charge in [-0.3, -0.25) is 4.79 Å². The molecule has 174 valence electrons. The Morgan fingerprint density at radius 2 is 2.00 bits per heavy atom. The van der Waals surface area contributed by atoms with Crippen LogP contribution in [-0.4, -0.2) is 40.8 Å². The van der Waals surface area contributed by atoms with Gasteiger partial charge in [-0.25, -0.2) is 4.39 Å². The summed E-state index contributed by atoms with van der Waals surface area (Å²) in [5, 5.41) is 21.2. The zero-order valence-electron chi connectivity index (χ0n) is 19.8. The van der Waals surface area contributed by atoms with Gasteiger partial charge in [-0.1, -0.05) is 12.1 Å². The van der Waals surface area contributed by atoms with Crippen molar-refractivity contribution in [1.29, 1.82) is 5.41 Å². The Hall–Kier alpha value is -2.99. The summed E-state index contributed by atoms with van der Waals surface area (Å²) in [6.07, 6.45) is 4.15. The van der Waals surface area contributed by atoms with Crippen LogP contribution in [0, 0.1) is 25.1 Å². The second kappa shape index (κ2) is 9.10. The Morgan fingerprint density at radius 3 is 2.61 bits per heavy atom. The van der Waals surface area contributed by atoms with E-state index in [1.54, 1.807) is 26.2 Å². The van der Waals surface area contributed by atoms with E-state index in [4.69, 9.17) is 5.41 Å². The number of hydrogen-bond donors (Lipinski definition) is 3. The van der Waals surface area contributed by atoms with Crippen molar-refractivity contribution in [3.8, 4) is 0 Å². The molecule has 0 unspecified atom stereocenters. The Bertz CT molecular complexity index is 1150. The lowest BCUT2D eigenvalue weighted by molar-refractivity contribution is 0.0479. The molecule has 0 radical (unpaired) electrons. The number of aliphatic hydroxyl groups is 1. The quantitative estimate of drug-likeness (QED) is 0.568. The van der Waals surface area contributed by atoms with Crippen LogP contribution in [0.3, 0.4) is 0 Å². The van der Waals surface area contributed by atoms with Gasteiger partial charge in [0.15, 0.2) is 0 Å². The van der Waals surface area contributed by atoms with E-state index in [-0.39, 0.29) is 17.8 Å². The maximum absolute atomic E-state index is 15.1. The molecule has 2 aliphatic rings. The number of amides is 1. The van der Waals surface area contributed by atoms with E-state index in [1.807, 2.05) is 30.9 Å². The van der Waals surface area contributed by atoms with Crippen molar-refractivity contribution in [2.75, 3.05) is 7.05 Å². The number of halogens is 1. The summed E-state index contributed by atoms with van der Waals surface area (Å²) in [7, 11) is 1.75. The molecule has 1 fully saturated rings. The van der Waals surface area contributed by atoms with E-state index >= 15 is 4.39 Å². The molecule has 2 atom stereocenters. The summed E-state index contributed by atoms with van der Waals surface area (Å²) >= 11 is 0. The number of nitrogens with one attached hydrogen (secondary N) is 2. The summed E-state index contributed by atoms with van der Waals surface area (Å²) in [5.74, 6) is -0.352. The van der Waals surface area contributed by atoms with Crippen LogP contribution in [0.2, 0.25) is 0 Å². The van der Waals surface area contributed by atoms with Gasteiger partial charge in [0, 0.05) is 43.1 Å². The highest BCUT2D eigenvalue weighted by molar-refractivity contribution is 6.21. The van der Waals surface area contributed by atoms with Gasteiger partial charge in [0.05, 0.1) is 12.1 Å². The first-order valence-electron chi connectivity index (χ1n) is 11.6. The molecule has 0 saturated heterocycles. The number of carbonyl (C=O) groups excluding carboxylic acids is 1. The van der Waals surface area contributed by atoms with Crippen LogP contribution < -0.4 is 5.32 Å². The van der Waals surface area contributed by atoms with E-state index in [0.717, 1.165) is 41.5 Å². The largest absolute Gasteiger partial charge is 0.393 e. The predicted molar refractivity (Wildman–Crippen MR) is 129 cm³/mol. The molecular formula is C27H32FN3O2. The van der Waals surface area contributed by atoms with Crippen molar-refractivity contribution in [2.45, 2.75) is 65.1 Å². The van der Waals surface area contributed by atoms with Crippen LogP contribution in [0.25, 0.3) is 5.57 Å². The molecule has 4 rings (SSSR count). The second-order valence-electron chi connectivity index (χ2n) is 9.27. The van der Waals surface area contributed by atoms with Gasteiger partial charge in [-0.15, -0.1) is 0 Å². The molecule has 3 N–H and O–H groups in total. The molecule has 2 aromatic rings. The molecule has 0 aromatic heterocycles. The molecule has 1 amide bonds. The number of benzene rings is 2. The topological polar surface area (TPSA) is 76.4 Å². The zero-order valence-corrected chi connectivity index (χ0v) is 19.8. The fourth-order valence-corrected chi connectivity index (χ4v) is 5.18. The smallest absolute Gasteiger partial charge is 0.254 e. The van der Waals surface area contributed by atoms with E-state index in [2.05, 4.69) is 5.32 Å². The van der Waals surface area contributed by atoms with Crippen LogP contribution in [-0.2, 0) is 13.0 Å². The van der Waals surface area contributed by atoms with Crippen LogP contribution in [0.5, 0.6) is 0 Å². The average molecular weight is 450 g/mol. The first kappa shape index (κ1) is 23.2. The third-order valence-corrected chi connectivity index (χ3v) is 7.24. The number of fused-ring (bicyclic) bond motifs is 1. The normalized spacial score (nSPS) is 20.4. The molecular weight excluding hydrogens is 417 g/mol. The Labute approximate surface area is 194 Å². The van der Waals surface area contributed by atoms with Crippen molar-refractivity contribution in [2.24, 2.45) is 0 Å². The summed E-state index contributed by atoms with van der Waals surface area (Å²) in [6, 6.07) is 6.88. The van der Waals surface area contributed by atoms with E-state index in [1.165, 1.54) is 6.07 Å². The van der Waals surface area contributed by atoms with Crippen molar-refractivity contribution in [1.82, 2.24) is 10.2 Å². The third kappa shape index (κ3) is 4.20. The van der Waals surface area contributed by atoms with E-state index in [0.29, 0.717) is 40.9 Å². The molecule has 0 bridgehead atoms. The minimum absolute atomic E-state index is 0.0283. The number of aliphatic hydroxyl groups excluding tert-OH is 1. The molecule has 0 spiro atoms. The molecule has 1 saturated carbocycles. The minimum atomic E-state index is -0.455. The SMILES string of the molecule is CN/C=C(\C(C)=N)c1ccc(Cc2cc3c(c(C)c2C)CN([C@H]2CCC[C@@H]2O)C3=O)c(F)c1. The van der Waals surface area contributed by atoms with Gasteiger partial charge in [-0.2, -0.15) is 0 Å². The van der Waals surface area contributed by atoms with Crippen molar-refractivity contribution in [3.05, 3.63) is 75.2 Å². The van der Waals surface area contributed by atoms with Gasteiger partial charge < -0.3 is 20.7 Å². The molecule has 6 heteroatoms. The van der Waals surface area contributed by atoms with Gasteiger partial charge in [-0.05, 0) is 85.5 Å². The summed E-state index contributed by atoms with van der Waals surface area (Å²) in [6.45, 7) is 6.27. The number of hydrogen-bond acceptors (Lipinski definition) is 4. The number of allylic oxidation sites excluding steroid dienone is 1. The molecule has 1 heterocycles. The maximum atomic E-state index is 15.1. The predicted octanol–water partition coefficient (Wildman–Crippen LogP) is 4.50. The monoisotopic (exact) mass is 449 g/mol. The van der Waals surface area contributed by atoms with Gasteiger partial charge in [0.2, 0.25) is 0 Å². The number of rotatable bonds is 6. The summed E-state index contributed by atoms with van der Waals surface area (Å²) in [4.78, 5) is 15.0. The Balaban J connectivity index is 1.64. The molecule has 5 nitrogen and oxygen atoms in total. The van der Waals surface area contributed by atoms with Crippen LogP contribution >= 0.6 is 0 Å². The molecule has 33 heavy (non-hydrogen) atoms. The van der Waals surface area contributed by atoms with E-state index < -0.39 is 6.10 Å². The summed E-state index contributed by atoms with van der Waals surface area (Å²) < 4.78 is 15.1. The molecule has 1 aliphatic carbocycles. The van der Waals surface area contributed by atoms with Crippen LogP contribution in [0.15, 0.2) is 30.5 Å². The highest BCUT2D eigenvalue weighted by Crippen LogP contribution is 2.36. The lowest BCUT2D eigenvalue weighted by Crippen LogP contribution is -2.40. The molecule has 1 aliphatic heterocycles. The van der Waals surface area contributed by atoms with Crippen molar-refractivity contribution < 1.29 is 14.3 Å². The van der Waals surface area contributed by atoms with Gasteiger partial charge >= 0.3 is 0 Å². The van der Waals surface area contributed by atoms with Gasteiger partial charge in [0.25, 0.3) is 5.91 Å². The van der Waals surface area contributed by atoms with Crippen LogP contribution in [0.1, 0.15) is 69.9 Å². The van der Waals surface area contributed by atoms with Crippen molar-refractivity contribution >= 4 is 17.2 Å². The highest BCUT2D eigenvalue weighted by Gasteiger charge is 2.39. The molecule has 2 aromatic carbocycles. The first-order valence-corrected chi connectivity index (χ1v) is 11.6. The summed E-state index contributed by atoms with van der Waals surface area (Å²) in [5.41, 5.74) is 7.01. The number of nitrogens with zero attached hydrogens (tertiary/aromatic N) is 1. The Kier molecular flexibility index (Phi) is 6.39. The fourth-order valence-electron chi connectivity index (χ4n) is 5.18. The highest BCUT2D eigenvalue weighted by atomic mass is 19.1. The van der Waals surface area contributed by atoms with Crippen LogP contribution in [0.4, 0.5) is 4.39 Å². The second-order valence-corrected chi connectivity index (χ2v) is 9.27. The first-order chi connectivity index (χ1) is 15.7. The standard InChI is InChI=1S/C27H32FN3O2/c1-15-16(2)23-14-31(25-6-5-7-26(25)32)27(33)21(23)11-20(15)10-19-9-8-18(12-24(19)28)22(13-30-4)17(3)29/h8-9,11-13,25-26,29-30,32H,5-7,10,14H2,1-4H3/b22-13+,29-17?/t25-,26-/m0/s1. The lowest BCUT2D eigenvalue weighted by Gasteiger charge is -2.26. The zero-order chi connectivity index (χ0) is 23.9. The van der Waals surface area contributed by atoms with Crippen molar-refractivity contribution in [3.63, 3.8) is 0 Å². The Morgan fingerprint density at radius 1 is 1.24 bits per heavy atom. The lowest BCUT2D eigenvalue weighted by atomic mass is 9.90. The average Bonchev–Trinajstić information content (AvgIpc) is 3.34.